The van der Waals surface area contributed by atoms with Crippen LogP contribution in [0, 0.1) is 12.7 Å². The molecule has 0 radical (unpaired) electrons. The molecule has 4 heteroatoms. The van der Waals surface area contributed by atoms with E-state index in [-0.39, 0.29) is 11.8 Å². The van der Waals surface area contributed by atoms with Crippen LogP contribution >= 0.6 is 0 Å². The fourth-order valence-electron chi connectivity index (χ4n) is 1.85. The molecule has 3 nitrogen and oxygen atoms in total. The molecule has 0 saturated carbocycles. The van der Waals surface area contributed by atoms with Crippen LogP contribution in [0.2, 0.25) is 0 Å². The van der Waals surface area contributed by atoms with Gasteiger partial charge in [0.25, 0.3) is 0 Å². The lowest BCUT2D eigenvalue weighted by atomic mass is 9.97. The van der Waals surface area contributed by atoms with E-state index in [1.165, 1.54) is 13.2 Å². The highest BCUT2D eigenvalue weighted by molar-refractivity contribution is 5.38. The zero-order valence-electron chi connectivity index (χ0n) is 10.4. The summed E-state index contributed by atoms with van der Waals surface area (Å²) >= 11 is 0. The third-order valence-corrected chi connectivity index (χ3v) is 2.95. The van der Waals surface area contributed by atoms with Gasteiger partial charge in [0.15, 0.2) is 11.6 Å². The minimum atomic E-state index is -0.392. The standard InChI is InChI=1S/C14H15FN2O/c1-9-5-6-17-8-11(9)14(16)10-3-4-12(15)13(7-10)18-2/h3-8,14H,16H2,1-2H3. The van der Waals surface area contributed by atoms with Crippen molar-refractivity contribution in [3.63, 3.8) is 0 Å². The van der Waals surface area contributed by atoms with Gasteiger partial charge >= 0.3 is 0 Å². The van der Waals surface area contributed by atoms with Crippen LogP contribution in [0.15, 0.2) is 36.7 Å². The Morgan fingerprint density at radius 3 is 2.78 bits per heavy atom. The third-order valence-electron chi connectivity index (χ3n) is 2.95. The number of aryl methyl sites for hydroxylation is 1. The summed E-state index contributed by atoms with van der Waals surface area (Å²) in [4.78, 5) is 4.07. The quantitative estimate of drug-likeness (QED) is 0.905. The largest absolute Gasteiger partial charge is 0.494 e. The number of aromatic nitrogens is 1. The molecule has 0 aliphatic heterocycles. The maximum atomic E-state index is 13.3. The summed E-state index contributed by atoms with van der Waals surface area (Å²) in [5, 5.41) is 0. The molecular weight excluding hydrogens is 231 g/mol. The van der Waals surface area contributed by atoms with E-state index < -0.39 is 5.82 Å². The maximum Gasteiger partial charge on any atom is 0.165 e. The Bertz CT molecular complexity index is 557. The van der Waals surface area contributed by atoms with Crippen molar-refractivity contribution in [2.45, 2.75) is 13.0 Å². The van der Waals surface area contributed by atoms with Gasteiger partial charge in [-0.25, -0.2) is 4.39 Å². The SMILES string of the molecule is COc1cc(C(N)c2cnccc2C)ccc1F. The average molecular weight is 246 g/mol. The first-order valence-corrected chi connectivity index (χ1v) is 5.63. The van der Waals surface area contributed by atoms with E-state index in [2.05, 4.69) is 4.98 Å². The number of rotatable bonds is 3. The number of nitrogens with two attached hydrogens (primary N) is 1. The number of pyridine rings is 1. The first kappa shape index (κ1) is 12.5. The molecule has 1 aromatic carbocycles. The Morgan fingerprint density at radius 2 is 2.11 bits per heavy atom. The average Bonchev–Trinajstić information content (AvgIpc) is 2.39. The second-order valence-corrected chi connectivity index (χ2v) is 4.10. The van der Waals surface area contributed by atoms with Gasteiger partial charge < -0.3 is 10.5 Å². The maximum absolute atomic E-state index is 13.3. The molecule has 0 fully saturated rings. The molecular formula is C14H15FN2O. The van der Waals surface area contributed by atoms with Crippen molar-refractivity contribution in [3.05, 3.63) is 59.2 Å². The van der Waals surface area contributed by atoms with Crippen molar-refractivity contribution in [3.8, 4) is 5.75 Å². The normalized spacial score (nSPS) is 12.2. The summed E-state index contributed by atoms with van der Waals surface area (Å²) in [6.45, 7) is 1.97. The third kappa shape index (κ3) is 2.33. The molecule has 0 bridgehead atoms. The molecule has 2 N–H and O–H groups in total. The molecule has 1 heterocycles. The summed E-state index contributed by atoms with van der Waals surface area (Å²) in [5.41, 5.74) is 8.95. The summed E-state index contributed by atoms with van der Waals surface area (Å²) in [5.74, 6) is -0.194. The van der Waals surface area contributed by atoms with E-state index in [1.807, 2.05) is 13.0 Å². The van der Waals surface area contributed by atoms with Gasteiger partial charge in [0.1, 0.15) is 0 Å². The molecule has 0 amide bonds. The predicted octanol–water partition coefficient (Wildman–Crippen LogP) is 2.59. The van der Waals surface area contributed by atoms with Crippen molar-refractivity contribution < 1.29 is 9.13 Å². The lowest BCUT2D eigenvalue weighted by Gasteiger charge is -2.15. The zero-order chi connectivity index (χ0) is 13.1. The van der Waals surface area contributed by atoms with Crippen molar-refractivity contribution in [1.82, 2.24) is 4.98 Å². The lowest BCUT2D eigenvalue weighted by molar-refractivity contribution is 0.385. The molecule has 0 saturated heterocycles. The Morgan fingerprint density at radius 1 is 1.33 bits per heavy atom. The minimum Gasteiger partial charge on any atom is -0.494 e. The van der Waals surface area contributed by atoms with E-state index in [9.17, 15) is 4.39 Å². The van der Waals surface area contributed by atoms with Crippen molar-refractivity contribution in [2.24, 2.45) is 5.73 Å². The van der Waals surface area contributed by atoms with Gasteiger partial charge in [-0.05, 0) is 41.8 Å². The fraction of sp³-hybridized carbons (Fsp3) is 0.214. The number of methoxy groups -OCH3 is 1. The van der Waals surface area contributed by atoms with Crippen molar-refractivity contribution >= 4 is 0 Å². The molecule has 2 rings (SSSR count). The molecule has 94 valence electrons. The van der Waals surface area contributed by atoms with Crippen LogP contribution in [0.3, 0.4) is 0 Å². The fourth-order valence-corrected chi connectivity index (χ4v) is 1.85. The Labute approximate surface area is 105 Å². The molecule has 0 spiro atoms. The van der Waals surface area contributed by atoms with Crippen molar-refractivity contribution in [2.75, 3.05) is 7.11 Å². The number of halogens is 1. The molecule has 1 aromatic heterocycles. The molecule has 0 aliphatic carbocycles. The minimum absolute atomic E-state index is 0.199. The second kappa shape index (κ2) is 5.14. The monoisotopic (exact) mass is 246 g/mol. The van der Waals surface area contributed by atoms with Crippen molar-refractivity contribution in [1.29, 1.82) is 0 Å². The number of ether oxygens (including phenoxy) is 1. The highest BCUT2D eigenvalue weighted by Gasteiger charge is 2.13. The van der Waals surface area contributed by atoms with Gasteiger partial charge in [0, 0.05) is 12.4 Å². The summed E-state index contributed by atoms with van der Waals surface area (Å²) in [7, 11) is 1.43. The van der Waals surface area contributed by atoms with E-state index in [1.54, 1.807) is 24.5 Å². The summed E-state index contributed by atoms with van der Waals surface area (Å²) in [6.07, 6.45) is 3.45. The van der Waals surface area contributed by atoms with Gasteiger partial charge in [-0.15, -0.1) is 0 Å². The molecule has 2 aromatic rings. The Balaban J connectivity index is 2.40. The van der Waals surface area contributed by atoms with E-state index >= 15 is 0 Å². The van der Waals surface area contributed by atoms with Crippen LogP contribution in [-0.2, 0) is 0 Å². The Hall–Kier alpha value is -1.94. The van der Waals surface area contributed by atoms with Gasteiger partial charge in [0.2, 0.25) is 0 Å². The number of hydrogen-bond donors (Lipinski definition) is 1. The topological polar surface area (TPSA) is 48.1 Å². The van der Waals surface area contributed by atoms with Crippen LogP contribution in [0.1, 0.15) is 22.7 Å². The lowest BCUT2D eigenvalue weighted by Crippen LogP contribution is -2.13. The smallest absolute Gasteiger partial charge is 0.165 e. The first-order valence-electron chi connectivity index (χ1n) is 5.63. The van der Waals surface area contributed by atoms with E-state index in [0.717, 1.165) is 16.7 Å². The van der Waals surface area contributed by atoms with Crippen LogP contribution < -0.4 is 10.5 Å². The second-order valence-electron chi connectivity index (χ2n) is 4.10. The van der Waals surface area contributed by atoms with Crippen LogP contribution in [0.25, 0.3) is 0 Å². The predicted molar refractivity (Wildman–Crippen MR) is 68.0 cm³/mol. The van der Waals surface area contributed by atoms with E-state index in [0.29, 0.717) is 0 Å². The number of hydrogen-bond acceptors (Lipinski definition) is 3. The van der Waals surface area contributed by atoms with Gasteiger partial charge in [-0.1, -0.05) is 6.07 Å². The molecule has 1 atom stereocenters. The number of benzene rings is 1. The highest BCUT2D eigenvalue weighted by atomic mass is 19.1. The Kier molecular flexibility index (Phi) is 3.58. The van der Waals surface area contributed by atoms with Gasteiger partial charge in [-0.3, -0.25) is 4.98 Å². The number of nitrogens with zero attached hydrogens (tertiary/aromatic N) is 1. The highest BCUT2D eigenvalue weighted by Crippen LogP contribution is 2.26. The first-order chi connectivity index (χ1) is 8.63. The summed E-state index contributed by atoms with van der Waals surface area (Å²) < 4.78 is 18.3. The van der Waals surface area contributed by atoms with Gasteiger partial charge in [0.05, 0.1) is 13.2 Å². The summed E-state index contributed by atoms with van der Waals surface area (Å²) in [6, 6.07) is 6.20. The van der Waals surface area contributed by atoms with Crippen LogP contribution in [0.5, 0.6) is 5.75 Å². The van der Waals surface area contributed by atoms with Crippen LogP contribution in [0.4, 0.5) is 4.39 Å². The van der Waals surface area contributed by atoms with Gasteiger partial charge in [-0.2, -0.15) is 0 Å². The molecule has 0 aliphatic rings. The van der Waals surface area contributed by atoms with Crippen LogP contribution in [-0.4, -0.2) is 12.1 Å². The van der Waals surface area contributed by atoms with E-state index in [4.69, 9.17) is 10.5 Å². The molecule has 18 heavy (non-hydrogen) atoms. The zero-order valence-corrected chi connectivity index (χ0v) is 10.4. The molecule has 1 unspecified atom stereocenters.